The Kier molecular flexibility index (Phi) is 11.2. The minimum Gasteiger partial charge on any atom is -0.477 e. The molecule has 0 aliphatic carbocycles. The molecule has 0 spiro atoms. The first-order chi connectivity index (χ1) is 29.1. The molecule has 3 saturated heterocycles. The zero-order chi connectivity index (χ0) is 42.0. The number of benzene rings is 3. The number of hydrogen-bond donors (Lipinski definition) is 3. The third kappa shape index (κ3) is 7.39. The van der Waals surface area contributed by atoms with Gasteiger partial charge in [0.15, 0.2) is 5.13 Å². The molecule has 16 nitrogen and oxygen atoms in total. The molecule has 2 atom stereocenters. The molecule has 3 fully saturated rings. The van der Waals surface area contributed by atoms with Gasteiger partial charge in [-0.15, -0.1) is 11.8 Å². The number of β-lactam (4-membered cyclic amide) rings is 1. The van der Waals surface area contributed by atoms with Crippen molar-refractivity contribution in [1.82, 2.24) is 29.4 Å². The standard InChI is InChI=1S/C42H38N8O8S2/c1-2-20-57-41(56)48-22-30(23-48)49-19-18-25(36(49)52)21-26-24-59-38-32(37(53)50(38)33(26)39(54)55)44-35(51)31(34-45-40(43)60-47-34)46-58-42(27-12-6-3-7-13-27,28-14-8-4-9-15-28)29-16-10-5-11-17-29/h2-17,21,30,32,38H,1,18-20,22-24H2,(H,44,51)(H,54,55)(H2,43,45,47)/b25-21+,46-31-/t32-,38-/m1/s1. The molecule has 5 heterocycles. The smallest absolute Gasteiger partial charge is 0.410 e. The maximum absolute atomic E-state index is 14.2. The van der Waals surface area contributed by atoms with Crippen molar-refractivity contribution < 1.29 is 38.7 Å². The van der Waals surface area contributed by atoms with Crippen LogP contribution in [0.5, 0.6) is 0 Å². The van der Waals surface area contributed by atoms with Gasteiger partial charge in [-0.3, -0.25) is 19.3 Å². The molecule has 0 saturated carbocycles. The topological polar surface area (TPSA) is 210 Å². The zero-order valence-corrected chi connectivity index (χ0v) is 33.5. The van der Waals surface area contributed by atoms with E-state index in [9.17, 15) is 29.1 Å². The summed E-state index contributed by atoms with van der Waals surface area (Å²) < 4.78 is 9.31. The number of nitrogen functional groups attached to an aromatic ring is 1. The predicted octanol–water partition coefficient (Wildman–Crippen LogP) is 3.74. The number of thioether (sulfide) groups is 1. The summed E-state index contributed by atoms with van der Waals surface area (Å²) in [6.45, 7) is 4.67. The van der Waals surface area contributed by atoms with Crippen LogP contribution in [0.25, 0.3) is 0 Å². The fourth-order valence-corrected chi connectivity index (χ4v) is 9.36. The maximum atomic E-state index is 14.2. The van der Waals surface area contributed by atoms with Crippen LogP contribution in [0.1, 0.15) is 28.9 Å². The zero-order valence-electron chi connectivity index (χ0n) is 31.9. The van der Waals surface area contributed by atoms with Crippen LogP contribution in [-0.4, -0.2) is 114 Å². The van der Waals surface area contributed by atoms with E-state index in [4.69, 9.17) is 15.3 Å². The van der Waals surface area contributed by atoms with Gasteiger partial charge < -0.3 is 35.5 Å². The molecule has 0 radical (unpaired) electrons. The van der Waals surface area contributed by atoms with E-state index in [0.29, 0.717) is 53.9 Å². The highest BCUT2D eigenvalue weighted by Gasteiger charge is 2.55. The van der Waals surface area contributed by atoms with Crippen molar-refractivity contribution in [3.05, 3.63) is 149 Å². The third-order valence-corrected chi connectivity index (χ3v) is 12.4. The first-order valence-electron chi connectivity index (χ1n) is 18.9. The van der Waals surface area contributed by atoms with E-state index in [-0.39, 0.29) is 46.7 Å². The molecule has 4 amide bonds. The molecule has 4 aliphatic heterocycles. The number of carbonyl (C=O) groups is 5. The van der Waals surface area contributed by atoms with Crippen molar-refractivity contribution in [2.45, 2.75) is 29.5 Å². The Hall–Kier alpha value is -6.79. The van der Waals surface area contributed by atoms with Gasteiger partial charge in [0.05, 0.1) is 6.04 Å². The van der Waals surface area contributed by atoms with Crippen LogP contribution < -0.4 is 11.1 Å². The summed E-state index contributed by atoms with van der Waals surface area (Å²) in [6.07, 6.45) is 2.90. The number of carboxylic acids is 1. The van der Waals surface area contributed by atoms with Crippen molar-refractivity contribution in [3.8, 4) is 0 Å². The van der Waals surface area contributed by atoms with E-state index < -0.39 is 40.9 Å². The lowest BCUT2D eigenvalue weighted by Crippen LogP contribution is -2.71. The minimum atomic E-state index is -1.36. The van der Waals surface area contributed by atoms with Crippen LogP contribution in [0.15, 0.2) is 132 Å². The monoisotopic (exact) mass is 846 g/mol. The summed E-state index contributed by atoms with van der Waals surface area (Å²) in [5, 5.41) is 16.8. The molecular formula is C42H38N8O8S2. The molecule has 306 valence electrons. The summed E-state index contributed by atoms with van der Waals surface area (Å²) in [7, 11) is 0. The Labute approximate surface area is 352 Å². The second kappa shape index (κ2) is 16.8. The fraction of sp³-hybridized carbons (Fsp3) is 0.238. The Morgan fingerprint density at radius 3 is 2.15 bits per heavy atom. The molecule has 8 rings (SSSR count). The normalized spacial score (nSPS) is 20.0. The molecule has 1 aromatic heterocycles. The Bertz CT molecular complexity index is 2340. The molecule has 18 heteroatoms. The van der Waals surface area contributed by atoms with Gasteiger partial charge in [-0.1, -0.05) is 109 Å². The van der Waals surface area contributed by atoms with Crippen molar-refractivity contribution in [1.29, 1.82) is 0 Å². The van der Waals surface area contributed by atoms with E-state index in [2.05, 4.69) is 26.4 Å². The Balaban J connectivity index is 1.04. The van der Waals surface area contributed by atoms with Crippen molar-refractivity contribution >= 4 is 63.9 Å². The van der Waals surface area contributed by atoms with Crippen molar-refractivity contribution in [3.63, 3.8) is 0 Å². The molecule has 0 bridgehead atoms. The number of fused-ring (bicyclic) bond motifs is 1. The second-order valence-corrected chi connectivity index (χ2v) is 16.0. The van der Waals surface area contributed by atoms with Crippen LogP contribution >= 0.6 is 23.3 Å². The van der Waals surface area contributed by atoms with Gasteiger partial charge in [0.1, 0.15) is 23.7 Å². The average molecular weight is 847 g/mol. The number of nitrogens with zero attached hydrogens (tertiary/aromatic N) is 6. The number of aliphatic carboxylic acids is 1. The van der Waals surface area contributed by atoms with E-state index in [0.717, 1.165) is 16.4 Å². The number of nitrogens with two attached hydrogens (primary N) is 1. The summed E-state index contributed by atoms with van der Waals surface area (Å²) in [5.74, 6) is -3.10. The first kappa shape index (κ1) is 40.0. The summed E-state index contributed by atoms with van der Waals surface area (Å²) >= 11 is 2.10. The van der Waals surface area contributed by atoms with Crippen LogP contribution in [0.4, 0.5) is 9.93 Å². The average Bonchev–Trinajstić information content (AvgIpc) is 3.84. The van der Waals surface area contributed by atoms with Gasteiger partial charge in [0.25, 0.3) is 11.8 Å². The number of likely N-dealkylation sites (tertiary alicyclic amines) is 2. The van der Waals surface area contributed by atoms with Crippen molar-refractivity contribution in [2.24, 2.45) is 5.16 Å². The number of amides is 4. The number of carboxylic acid groups (broad SMARTS) is 1. The molecule has 4 aliphatic rings. The lowest BCUT2D eigenvalue weighted by atomic mass is 9.80. The van der Waals surface area contributed by atoms with Gasteiger partial charge in [-0.05, 0) is 18.1 Å². The highest BCUT2D eigenvalue weighted by Crippen LogP contribution is 2.43. The second-order valence-electron chi connectivity index (χ2n) is 14.1. The number of carbonyl (C=O) groups excluding carboxylic acids is 4. The third-order valence-electron chi connectivity index (χ3n) is 10.6. The number of rotatable bonds is 13. The highest BCUT2D eigenvalue weighted by molar-refractivity contribution is 8.00. The molecular weight excluding hydrogens is 809 g/mol. The SMILES string of the molecule is C=CCOC(=O)N1CC(N2CC/C(=C\C3=C(C(=O)O)N4C(=O)[C@@H](NC(=O)/C(=N\OC(c5ccccc5)(c5ccccc5)c5ccccc5)c5nsc(N)n5)[C@H]4SC3)C2=O)C1. The van der Waals surface area contributed by atoms with E-state index in [1.807, 2.05) is 91.0 Å². The van der Waals surface area contributed by atoms with Crippen molar-refractivity contribution in [2.75, 3.05) is 37.7 Å². The van der Waals surface area contributed by atoms with Crippen LogP contribution in [0.2, 0.25) is 0 Å². The predicted molar refractivity (Wildman–Crippen MR) is 222 cm³/mol. The Morgan fingerprint density at radius 2 is 1.60 bits per heavy atom. The number of allylic oxidation sites excluding steroid dienone is 1. The Morgan fingerprint density at radius 1 is 0.983 bits per heavy atom. The van der Waals surface area contributed by atoms with E-state index >= 15 is 0 Å². The fourth-order valence-electron chi connectivity index (χ4n) is 7.62. The van der Waals surface area contributed by atoms with Crippen LogP contribution in [0, 0.1) is 0 Å². The number of ether oxygens (including phenoxy) is 1. The molecule has 3 aromatic carbocycles. The van der Waals surface area contributed by atoms with Gasteiger partial charge in [0.2, 0.25) is 23.0 Å². The quantitative estimate of drug-likeness (QED) is 0.0439. The van der Waals surface area contributed by atoms with Gasteiger partial charge in [-0.25, -0.2) is 9.59 Å². The largest absolute Gasteiger partial charge is 0.477 e. The molecule has 4 N–H and O–H groups in total. The van der Waals surface area contributed by atoms with Crippen LogP contribution in [0.3, 0.4) is 0 Å². The highest BCUT2D eigenvalue weighted by atomic mass is 32.2. The number of anilines is 1. The van der Waals surface area contributed by atoms with Gasteiger partial charge in [0, 0.05) is 59.2 Å². The lowest BCUT2D eigenvalue weighted by Gasteiger charge is -2.49. The first-order valence-corrected chi connectivity index (χ1v) is 20.7. The molecule has 4 aromatic rings. The number of hydrogen-bond acceptors (Lipinski definition) is 13. The maximum Gasteiger partial charge on any atom is 0.410 e. The minimum absolute atomic E-state index is 0.0695. The summed E-state index contributed by atoms with van der Waals surface area (Å²) in [4.78, 5) is 81.4. The number of nitrogens with one attached hydrogen (secondary N) is 1. The van der Waals surface area contributed by atoms with Gasteiger partial charge >= 0.3 is 12.1 Å². The number of aromatic nitrogens is 2. The number of oxime groups is 1. The van der Waals surface area contributed by atoms with Crippen LogP contribution in [-0.2, 0) is 34.4 Å². The van der Waals surface area contributed by atoms with Gasteiger partial charge in [-0.2, -0.15) is 9.36 Å². The molecule has 60 heavy (non-hydrogen) atoms. The van der Waals surface area contributed by atoms with E-state index in [1.165, 1.54) is 22.7 Å². The summed E-state index contributed by atoms with van der Waals surface area (Å²) in [6, 6.07) is 26.8. The molecule has 0 unspecified atom stereocenters. The lowest BCUT2D eigenvalue weighted by molar-refractivity contribution is -0.150. The summed E-state index contributed by atoms with van der Waals surface area (Å²) in [5.41, 5.74) is 6.80. The van der Waals surface area contributed by atoms with E-state index in [1.54, 1.807) is 11.0 Å².